The summed E-state index contributed by atoms with van der Waals surface area (Å²) in [5.41, 5.74) is 2.91. The molecular weight excluding hydrogens is 304 g/mol. The molecule has 1 aliphatic carbocycles. The molecule has 3 heterocycles. The predicted octanol–water partition coefficient (Wildman–Crippen LogP) is 3.13. The van der Waals surface area contributed by atoms with Gasteiger partial charge in [-0.25, -0.2) is 0 Å². The Morgan fingerprint density at radius 1 is 1.33 bits per heavy atom. The van der Waals surface area contributed by atoms with Crippen LogP contribution < -0.4 is 0 Å². The van der Waals surface area contributed by atoms with Crippen LogP contribution in [0.2, 0.25) is 0 Å². The lowest BCUT2D eigenvalue weighted by Crippen LogP contribution is -2.38. The van der Waals surface area contributed by atoms with Crippen LogP contribution in [0.25, 0.3) is 0 Å². The molecule has 4 rings (SSSR count). The van der Waals surface area contributed by atoms with Gasteiger partial charge in [-0.15, -0.1) is 0 Å². The van der Waals surface area contributed by atoms with Gasteiger partial charge < -0.3 is 19.3 Å². The van der Waals surface area contributed by atoms with Crippen LogP contribution in [-0.4, -0.2) is 41.9 Å². The van der Waals surface area contributed by atoms with Gasteiger partial charge in [0.15, 0.2) is 6.29 Å². The molecule has 1 N–H and O–H groups in total. The summed E-state index contributed by atoms with van der Waals surface area (Å²) in [5, 5.41) is 10.8. The molecule has 4 heteroatoms. The van der Waals surface area contributed by atoms with Crippen molar-refractivity contribution in [3.63, 3.8) is 0 Å². The summed E-state index contributed by atoms with van der Waals surface area (Å²) in [4.78, 5) is 0. The Labute approximate surface area is 144 Å². The third-order valence-corrected chi connectivity index (χ3v) is 5.89. The smallest absolute Gasteiger partial charge is 0.181 e. The minimum absolute atomic E-state index is 0.00751. The molecule has 132 valence electrons. The minimum atomic E-state index is -0.757. The van der Waals surface area contributed by atoms with Crippen LogP contribution in [0.4, 0.5) is 0 Å². The average Bonchev–Trinajstić information content (AvgIpc) is 3.14. The molecule has 4 nitrogen and oxygen atoms in total. The third kappa shape index (κ3) is 2.90. The molecule has 0 unspecified atom stereocenters. The molecule has 24 heavy (non-hydrogen) atoms. The lowest BCUT2D eigenvalue weighted by atomic mass is 9.76. The predicted molar refractivity (Wildman–Crippen MR) is 91.4 cm³/mol. The van der Waals surface area contributed by atoms with E-state index in [2.05, 4.69) is 32.6 Å². The maximum atomic E-state index is 10.8. The topological polar surface area (TPSA) is 51.2 Å². The molecule has 3 fully saturated rings. The Morgan fingerprint density at radius 2 is 2.12 bits per heavy atom. The molecule has 0 amide bonds. The monoisotopic (exact) mass is 332 g/mol. The van der Waals surface area contributed by atoms with Crippen molar-refractivity contribution in [2.24, 2.45) is 11.8 Å². The van der Waals surface area contributed by atoms with Crippen LogP contribution >= 0.6 is 0 Å². The molecule has 4 aliphatic rings. The maximum absolute atomic E-state index is 10.8. The summed E-state index contributed by atoms with van der Waals surface area (Å²) in [6, 6.07) is 0. The zero-order valence-corrected chi connectivity index (χ0v) is 14.8. The lowest BCUT2D eigenvalue weighted by Gasteiger charge is -2.38. The molecule has 7 atom stereocenters. The van der Waals surface area contributed by atoms with Crippen molar-refractivity contribution < 1.29 is 19.3 Å². The van der Waals surface area contributed by atoms with Gasteiger partial charge in [0.25, 0.3) is 0 Å². The Hall–Kier alpha value is -0.940. The average molecular weight is 332 g/mol. The van der Waals surface area contributed by atoms with E-state index in [0.717, 1.165) is 19.3 Å². The zero-order chi connectivity index (χ0) is 17.1. The SMILES string of the molecule is C=C1C[C@H]2O[C@H]2[C@@](C)(O)CC[C@@H]2C3=C[C@H](C=C(C)C)O[C@@H]3OC[C@@H]12. The number of hydrogen-bond donors (Lipinski definition) is 1. The van der Waals surface area contributed by atoms with Crippen LogP contribution in [0, 0.1) is 11.8 Å². The maximum Gasteiger partial charge on any atom is 0.181 e. The number of fused-ring (bicyclic) bond motifs is 4. The van der Waals surface area contributed by atoms with E-state index in [-0.39, 0.29) is 24.6 Å². The van der Waals surface area contributed by atoms with Crippen molar-refractivity contribution in [3.8, 4) is 0 Å². The Balaban J connectivity index is 1.61. The molecule has 3 aliphatic heterocycles. The molecule has 0 spiro atoms. The van der Waals surface area contributed by atoms with Gasteiger partial charge >= 0.3 is 0 Å². The van der Waals surface area contributed by atoms with Gasteiger partial charge in [0.1, 0.15) is 6.10 Å². The number of aliphatic hydroxyl groups is 1. The van der Waals surface area contributed by atoms with E-state index in [1.165, 1.54) is 16.7 Å². The Kier molecular flexibility index (Phi) is 4.00. The number of hydrogen-bond acceptors (Lipinski definition) is 4. The summed E-state index contributed by atoms with van der Waals surface area (Å²) in [7, 11) is 0. The summed E-state index contributed by atoms with van der Waals surface area (Å²) in [6.07, 6.45) is 6.65. The summed E-state index contributed by atoms with van der Waals surface area (Å²) in [5.74, 6) is 0.635. The fourth-order valence-corrected chi connectivity index (χ4v) is 4.53. The highest BCUT2D eigenvalue weighted by atomic mass is 16.7. The zero-order valence-electron chi connectivity index (χ0n) is 14.8. The van der Waals surface area contributed by atoms with Crippen molar-refractivity contribution >= 4 is 0 Å². The molecule has 0 aromatic carbocycles. The van der Waals surface area contributed by atoms with Crippen LogP contribution in [0.3, 0.4) is 0 Å². The molecule has 0 aromatic heterocycles. The normalized spacial score (nSPS) is 47.3. The van der Waals surface area contributed by atoms with Crippen molar-refractivity contribution in [3.05, 3.63) is 35.5 Å². The van der Waals surface area contributed by atoms with Crippen LogP contribution in [0.5, 0.6) is 0 Å². The van der Waals surface area contributed by atoms with Crippen molar-refractivity contribution in [1.29, 1.82) is 0 Å². The molecule has 0 radical (unpaired) electrons. The van der Waals surface area contributed by atoms with E-state index in [1.54, 1.807) is 0 Å². The largest absolute Gasteiger partial charge is 0.387 e. The molecule has 2 saturated heterocycles. The Morgan fingerprint density at radius 3 is 2.88 bits per heavy atom. The van der Waals surface area contributed by atoms with Crippen LogP contribution in [0.1, 0.15) is 40.0 Å². The van der Waals surface area contributed by atoms with Gasteiger partial charge in [-0.05, 0) is 57.6 Å². The van der Waals surface area contributed by atoms with Crippen molar-refractivity contribution in [2.75, 3.05) is 6.61 Å². The van der Waals surface area contributed by atoms with Gasteiger partial charge in [-0.1, -0.05) is 23.8 Å². The molecule has 0 bridgehead atoms. The van der Waals surface area contributed by atoms with Gasteiger partial charge in [0, 0.05) is 5.92 Å². The summed E-state index contributed by atoms with van der Waals surface area (Å²) in [6.45, 7) is 11.0. The fraction of sp³-hybridized carbons (Fsp3) is 0.700. The number of rotatable bonds is 1. The quantitative estimate of drug-likeness (QED) is 0.592. The van der Waals surface area contributed by atoms with Gasteiger partial charge in [0.2, 0.25) is 0 Å². The van der Waals surface area contributed by atoms with E-state index in [1.807, 2.05) is 6.92 Å². The minimum Gasteiger partial charge on any atom is -0.387 e. The van der Waals surface area contributed by atoms with Crippen molar-refractivity contribution in [2.45, 2.75) is 70.2 Å². The summed E-state index contributed by atoms with van der Waals surface area (Å²) >= 11 is 0. The first-order valence-electron chi connectivity index (χ1n) is 9.04. The Bertz CT molecular complexity index is 599. The molecular formula is C20H28O4. The fourth-order valence-electron chi connectivity index (χ4n) is 4.53. The lowest BCUT2D eigenvalue weighted by molar-refractivity contribution is -0.145. The number of epoxide rings is 1. The number of ether oxygens (including phenoxy) is 3. The highest BCUT2D eigenvalue weighted by molar-refractivity contribution is 5.28. The first-order valence-corrected chi connectivity index (χ1v) is 9.04. The number of allylic oxidation sites excluding steroid dienone is 1. The standard InChI is InChI=1S/C20H28O4/c1-11(2)7-13-9-15-14-5-6-20(4,21)18-17(24-18)8-12(3)16(14)10-22-19(15)23-13/h7,9,13-14,16-19,21H,3,5-6,8,10H2,1-2,4H3/t13-,14+,16-,17+,18+,19-,20-/m0/s1. The first-order chi connectivity index (χ1) is 11.3. The highest BCUT2D eigenvalue weighted by Crippen LogP contribution is 2.48. The first kappa shape index (κ1) is 16.5. The third-order valence-electron chi connectivity index (χ3n) is 5.89. The second-order valence-corrected chi connectivity index (χ2v) is 8.24. The summed E-state index contributed by atoms with van der Waals surface area (Å²) < 4.78 is 17.8. The molecule has 1 saturated carbocycles. The highest BCUT2D eigenvalue weighted by Gasteiger charge is 2.54. The van der Waals surface area contributed by atoms with E-state index in [4.69, 9.17) is 14.2 Å². The van der Waals surface area contributed by atoms with E-state index < -0.39 is 5.60 Å². The van der Waals surface area contributed by atoms with E-state index in [0.29, 0.717) is 18.4 Å². The van der Waals surface area contributed by atoms with Crippen LogP contribution in [0.15, 0.2) is 35.5 Å². The molecule has 0 aromatic rings. The second-order valence-electron chi connectivity index (χ2n) is 8.24. The van der Waals surface area contributed by atoms with E-state index >= 15 is 0 Å². The van der Waals surface area contributed by atoms with Gasteiger partial charge in [0.05, 0.1) is 24.4 Å². The van der Waals surface area contributed by atoms with Gasteiger partial charge in [-0.3, -0.25) is 0 Å². The van der Waals surface area contributed by atoms with Crippen LogP contribution in [-0.2, 0) is 14.2 Å². The van der Waals surface area contributed by atoms with E-state index in [9.17, 15) is 5.11 Å². The van der Waals surface area contributed by atoms with Crippen molar-refractivity contribution in [1.82, 2.24) is 0 Å². The van der Waals surface area contributed by atoms with Gasteiger partial charge in [-0.2, -0.15) is 0 Å². The second kappa shape index (κ2) is 5.80.